The van der Waals surface area contributed by atoms with E-state index in [1.165, 1.54) is 16.7 Å². The number of nitrogens with zero attached hydrogens (tertiary/aromatic N) is 1. The summed E-state index contributed by atoms with van der Waals surface area (Å²) >= 11 is 3.06. The summed E-state index contributed by atoms with van der Waals surface area (Å²) in [5, 5.41) is 14.6. The number of fused-ring (bicyclic) bond motifs is 1. The topological polar surface area (TPSA) is 277 Å². The summed E-state index contributed by atoms with van der Waals surface area (Å²) in [6.45, 7) is 4.76. The third-order valence-electron chi connectivity index (χ3n) is 16.9. The van der Waals surface area contributed by atoms with E-state index in [-0.39, 0.29) is 43.9 Å². The molecule has 0 bridgehead atoms. The summed E-state index contributed by atoms with van der Waals surface area (Å²) in [6, 6.07) is 61.0. The zero-order valence-corrected chi connectivity index (χ0v) is 56.0. The summed E-state index contributed by atoms with van der Waals surface area (Å²) in [7, 11) is 0. The Morgan fingerprint density at radius 1 is 0.573 bits per heavy atom. The van der Waals surface area contributed by atoms with Gasteiger partial charge in [0, 0.05) is 48.0 Å². The van der Waals surface area contributed by atoms with Gasteiger partial charge in [-0.05, 0) is 104 Å². The Morgan fingerprint density at radius 2 is 1.06 bits per heavy atom. The van der Waals surface area contributed by atoms with Crippen LogP contribution in [0.25, 0.3) is 10.9 Å². The minimum Gasteiger partial charge on any atom is -0.460 e. The second-order valence-corrected chi connectivity index (χ2v) is 27.3. The van der Waals surface area contributed by atoms with Gasteiger partial charge < -0.3 is 52.7 Å². The summed E-state index contributed by atoms with van der Waals surface area (Å²) in [5.74, 6) is -5.28. The fourth-order valence-corrected chi connectivity index (χ4v) is 15.4. The molecule has 7 amide bonds. The van der Waals surface area contributed by atoms with Crippen LogP contribution in [0.5, 0.6) is 0 Å². The lowest BCUT2D eigenvalue weighted by Crippen LogP contribution is -2.59. The lowest BCUT2D eigenvalue weighted by molar-refractivity contribution is -0.156. The van der Waals surface area contributed by atoms with Crippen LogP contribution >= 0.6 is 23.5 Å². The Balaban J connectivity index is 0.904. The number of nitrogens with one attached hydrogen (secondary N) is 6. The molecule has 1 fully saturated rings. The van der Waals surface area contributed by atoms with Gasteiger partial charge in [-0.1, -0.05) is 200 Å². The Kier molecular flexibility index (Phi) is 24.9. The summed E-state index contributed by atoms with van der Waals surface area (Å²) < 4.78 is 4.11. The van der Waals surface area contributed by atoms with Crippen LogP contribution in [0, 0.1) is 0 Å². The second-order valence-electron chi connectivity index (χ2n) is 24.8. The van der Waals surface area contributed by atoms with Crippen molar-refractivity contribution in [2.24, 2.45) is 11.5 Å². The number of esters is 1. The van der Waals surface area contributed by atoms with Crippen LogP contribution < -0.4 is 38.1 Å². The van der Waals surface area contributed by atoms with Crippen LogP contribution in [0.3, 0.4) is 0 Å². The lowest BCUT2D eigenvalue weighted by Gasteiger charge is -2.36. The van der Waals surface area contributed by atoms with Gasteiger partial charge in [0.15, 0.2) is 0 Å². The quantitative estimate of drug-likeness (QED) is 0.0111. The predicted molar refractivity (Wildman–Crippen MR) is 378 cm³/mol. The van der Waals surface area contributed by atoms with Gasteiger partial charge in [-0.2, -0.15) is 0 Å². The van der Waals surface area contributed by atoms with Crippen molar-refractivity contribution in [1.29, 1.82) is 0 Å². The third kappa shape index (κ3) is 18.1. The molecular formula is C76H85N9O9S2. The number of para-hydroxylation sites is 1. The van der Waals surface area contributed by atoms with Crippen LogP contribution in [0.15, 0.2) is 212 Å². The second kappa shape index (κ2) is 33.7. The maximum Gasteiger partial charge on any atom is 0.308 e. The number of thioether (sulfide) groups is 2. The van der Waals surface area contributed by atoms with Crippen molar-refractivity contribution in [1.82, 2.24) is 36.5 Å². The normalized spacial score (nSPS) is 14.5. The van der Waals surface area contributed by atoms with Gasteiger partial charge in [0.1, 0.15) is 35.8 Å². The SMILES string of the molecule is CC(C)(C)OC(=O)C[C@H](NC(=O)CNC(=O)[C@H](CCCCN)NC(=O)CCSC(c1ccccc1)(c1ccccc1)c1ccccc1)C(=O)N[C@@H](Cc1c[nH]c2ccccc12)C(=O)N1CCC[C@H]1C(=O)N[C@@H](CSC(c1ccccc1)(c1ccccc1)c1ccccc1)C(N)=O. The van der Waals surface area contributed by atoms with Crippen molar-refractivity contribution >= 4 is 81.7 Å². The molecule has 0 unspecified atom stereocenters. The van der Waals surface area contributed by atoms with Crippen LogP contribution in [0.1, 0.15) is 105 Å². The average Bonchev–Trinajstić information content (AvgIpc) is 0.840. The number of ether oxygens (including phenoxy) is 1. The molecule has 18 nitrogen and oxygen atoms in total. The molecule has 2 heterocycles. The first-order valence-corrected chi connectivity index (χ1v) is 34.5. The number of H-pyrrole nitrogens is 1. The molecule has 20 heteroatoms. The zero-order chi connectivity index (χ0) is 68.1. The molecule has 10 N–H and O–H groups in total. The highest BCUT2D eigenvalue weighted by atomic mass is 32.2. The van der Waals surface area contributed by atoms with E-state index in [1.54, 1.807) is 38.7 Å². The Bertz CT molecular complexity index is 3710. The van der Waals surface area contributed by atoms with E-state index < -0.39 is 99.7 Å². The van der Waals surface area contributed by atoms with E-state index in [0.29, 0.717) is 37.1 Å². The maximum atomic E-state index is 15.3. The molecule has 96 heavy (non-hydrogen) atoms. The number of hydrogen-bond donors (Lipinski definition) is 8. The molecule has 0 saturated carbocycles. The number of likely N-dealkylation sites (tertiary alicyclic amines) is 1. The van der Waals surface area contributed by atoms with Crippen molar-refractivity contribution in [3.63, 3.8) is 0 Å². The molecule has 5 atom stereocenters. The molecular weight excluding hydrogens is 1250 g/mol. The fraction of sp³-hybridized carbons (Fsp3) is 0.316. The summed E-state index contributed by atoms with van der Waals surface area (Å²) in [4.78, 5) is 119. The largest absolute Gasteiger partial charge is 0.460 e. The van der Waals surface area contributed by atoms with Gasteiger partial charge in [-0.25, -0.2) is 0 Å². The van der Waals surface area contributed by atoms with Crippen molar-refractivity contribution < 1.29 is 43.1 Å². The molecule has 0 spiro atoms. The van der Waals surface area contributed by atoms with E-state index in [2.05, 4.69) is 68.0 Å². The highest BCUT2D eigenvalue weighted by molar-refractivity contribution is 8.01. The predicted octanol–water partition coefficient (Wildman–Crippen LogP) is 8.94. The first-order valence-electron chi connectivity index (χ1n) is 32.5. The minimum atomic E-state index is -1.64. The number of carbonyl (C=O) groups excluding carboxylic acids is 8. The number of unbranched alkanes of at least 4 members (excludes halogenated alkanes) is 1. The molecule has 1 aliphatic heterocycles. The van der Waals surface area contributed by atoms with Crippen LogP contribution in [0.4, 0.5) is 0 Å². The molecule has 1 aliphatic rings. The van der Waals surface area contributed by atoms with E-state index in [4.69, 9.17) is 16.2 Å². The highest BCUT2D eigenvalue weighted by Crippen LogP contribution is 2.50. The molecule has 9 rings (SSSR count). The molecule has 7 aromatic carbocycles. The number of amides is 7. The number of hydrogen-bond acceptors (Lipinski definition) is 12. The van der Waals surface area contributed by atoms with Crippen molar-refractivity contribution in [2.75, 3.05) is 31.1 Å². The molecule has 1 aromatic heterocycles. The number of aromatic amines is 1. The fourth-order valence-electron chi connectivity index (χ4n) is 12.3. The van der Waals surface area contributed by atoms with E-state index in [9.17, 15) is 33.6 Å². The molecule has 0 aliphatic carbocycles. The van der Waals surface area contributed by atoms with Gasteiger partial charge in [0.2, 0.25) is 41.4 Å². The monoisotopic (exact) mass is 1330 g/mol. The van der Waals surface area contributed by atoms with Crippen molar-refractivity contribution in [3.05, 3.63) is 251 Å². The summed E-state index contributed by atoms with van der Waals surface area (Å²) in [6.07, 6.45) is 2.91. The number of primary amides is 1. The van der Waals surface area contributed by atoms with Crippen molar-refractivity contribution in [2.45, 2.75) is 117 Å². The van der Waals surface area contributed by atoms with Gasteiger partial charge in [0.25, 0.3) is 0 Å². The molecule has 1 saturated heterocycles. The lowest BCUT2D eigenvalue weighted by atomic mass is 9.84. The smallest absolute Gasteiger partial charge is 0.308 e. The first-order chi connectivity index (χ1) is 46.4. The van der Waals surface area contributed by atoms with Crippen LogP contribution in [-0.4, -0.2) is 124 Å². The number of aromatic nitrogens is 1. The first kappa shape index (κ1) is 70.8. The maximum absolute atomic E-state index is 15.3. The van der Waals surface area contributed by atoms with E-state index in [1.807, 2.05) is 170 Å². The number of nitrogens with two attached hydrogens (primary N) is 2. The van der Waals surface area contributed by atoms with Gasteiger partial charge in [-0.3, -0.25) is 38.4 Å². The van der Waals surface area contributed by atoms with E-state index >= 15 is 4.79 Å². The van der Waals surface area contributed by atoms with Crippen LogP contribution in [-0.2, 0) is 59.0 Å². The van der Waals surface area contributed by atoms with Crippen molar-refractivity contribution in [3.8, 4) is 0 Å². The average molecular weight is 1330 g/mol. The zero-order valence-electron chi connectivity index (χ0n) is 54.4. The Labute approximate surface area is 569 Å². The Morgan fingerprint density at radius 3 is 1.56 bits per heavy atom. The van der Waals surface area contributed by atoms with Gasteiger partial charge in [-0.15, -0.1) is 23.5 Å². The van der Waals surface area contributed by atoms with Gasteiger partial charge in [0.05, 0.1) is 22.5 Å². The number of carbonyl (C=O) groups is 8. The molecule has 0 radical (unpaired) electrons. The summed E-state index contributed by atoms with van der Waals surface area (Å²) in [5.41, 5.74) is 18.3. The highest BCUT2D eigenvalue weighted by Gasteiger charge is 2.43. The third-order valence-corrected chi connectivity index (χ3v) is 20.1. The number of rotatable bonds is 32. The minimum absolute atomic E-state index is 0.0432. The Hall–Kier alpha value is -9.50. The standard InChI is InChI=1S/C76H85N9O9S2/c1-74(2,3)94-68(88)48-62(82-67(87)50-80-70(90)61(41-24-25-44-77)81-66(86)43-46-95-75(53-27-10-4-11-28-53,54-29-12-5-13-30-54)55-31-14-6-15-32-55)71(91)83-63(47-52-49-79-60-40-23-22-39-59(52)60)73(93)85-45-26-42-65(85)72(92)84-64(69(78)89)51-96-76(56-33-16-7-17-34-56,57-35-18-8-19-36-57)58-37-20-9-21-38-58/h4-23,27-40,49,61-65,79H,24-26,41-48,50-51,77H2,1-3H3,(H2,78,89)(H,80,90)(H,81,86)(H,82,87)(H,83,91)(H,84,92)/t61-,62-,63-,64-,65-/m0/s1. The van der Waals surface area contributed by atoms with E-state index in [0.717, 1.165) is 44.3 Å². The molecule has 8 aromatic rings. The van der Waals surface area contributed by atoms with Gasteiger partial charge >= 0.3 is 5.97 Å². The van der Waals surface area contributed by atoms with Crippen LogP contribution in [0.2, 0.25) is 0 Å². The number of benzene rings is 7. The molecule has 500 valence electrons.